The Bertz CT molecular complexity index is 642. The van der Waals surface area contributed by atoms with Crippen molar-refractivity contribution >= 4 is 14.1 Å². The van der Waals surface area contributed by atoms with Crippen LogP contribution in [0.5, 0.6) is 0 Å². The fourth-order valence-corrected chi connectivity index (χ4v) is 3.31. The Hall–Kier alpha value is -1.71. The van der Waals surface area contributed by atoms with Gasteiger partial charge < -0.3 is 4.43 Å². The van der Waals surface area contributed by atoms with Crippen molar-refractivity contribution in [3.8, 4) is 0 Å². The van der Waals surface area contributed by atoms with Gasteiger partial charge in [-0.1, -0.05) is 81.4 Å². The summed E-state index contributed by atoms with van der Waals surface area (Å²) in [6, 6.07) is 19.2. The van der Waals surface area contributed by atoms with E-state index >= 15 is 0 Å². The summed E-state index contributed by atoms with van der Waals surface area (Å²) in [6.07, 6.45) is -0.542. The molecule has 0 saturated heterocycles. The monoisotopic (exact) mass is 326 g/mol. The van der Waals surface area contributed by atoms with Crippen LogP contribution < -0.4 is 0 Å². The van der Waals surface area contributed by atoms with Crippen molar-refractivity contribution in [3.05, 3.63) is 71.8 Å². The number of rotatable bonds is 5. The Balaban J connectivity index is 2.40. The van der Waals surface area contributed by atoms with Crippen LogP contribution in [0.4, 0.5) is 0 Å². The Morgan fingerprint density at radius 1 is 0.913 bits per heavy atom. The van der Waals surface area contributed by atoms with Gasteiger partial charge in [0.15, 0.2) is 14.1 Å². The first-order valence-electron chi connectivity index (χ1n) is 8.04. The molecule has 0 heterocycles. The highest BCUT2D eigenvalue weighted by atomic mass is 28.4. The molecule has 0 fully saturated rings. The smallest absolute Gasteiger partial charge is 0.194 e. The predicted molar refractivity (Wildman–Crippen MR) is 98.2 cm³/mol. The van der Waals surface area contributed by atoms with E-state index in [2.05, 4.69) is 33.9 Å². The molecule has 122 valence electrons. The van der Waals surface area contributed by atoms with Crippen molar-refractivity contribution in [1.29, 1.82) is 0 Å². The molecule has 2 nitrogen and oxygen atoms in total. The van der Waals surface area contributed by atoms with Gasteiger partial charge in [-0.3, -0.25) is 4.79 Å². The summed E-state index contributed by atoms with van der Waals surface area (Å²) in [5.41, 5.74) is 1.62. The van der Waals surface area contributed by atoms with Crippen LogP contribution >= 0.6 is 0 Å². The maximum atomic E-state index is 13.0. The van der Waals surface area contributed by atoms with E-state index in [1.807, 2.05) is 60.7 Å². The Morgan fingerprint density at radius 3 is 1.87 bits per heavy atom. The average molecular weight is 327 g/mol. The fourth-order valence-electron chi connectivity index (χ4n) is 2.13. The van der Waals surface area contributed by atoms with Gasteiger partial charge in [0.25, 0.3) is 0 Å². The summed E-state index contributed by atoms with van der Waals surface area (Å²) in [4.78, 5) is 13.0. The van der Waals surface area contributed by atoms with Crippen molar-refractivity contribution in [2.24, 2.45) is 0 Å². The minimum Gasteiger partial charge on any atom is -0.403 e. The molecule has 0 aromatic heterocycles. The van der Waals surface area contributed by atoms with E-state index in [0.29, 0.717) is 5.56 Å². The van der Waals surface area contributed by atoms with Crippen LogP contribution in [0.1, 0.15) is 42.8 Å². The number of carbonyl (C=O) groups is 1. The predicted octanol–water partition coefficient (Wildman–Crippen LogP) is 5.63. The molecule has 0 radical (unpaired) electrons. The standard InChI is InChI=1S/C20H26O2Si/c1-20(2,3)23(4,5)22-19(17-14-10-7-11-15-17)18(21)16-12-8-6-9-13-16/h6-15,19H,1-5H3/t19-/m1/s1. The van der Waals surface area contributed by atoms with Crippen LogP contribution in [0.3, 0.4) is 0 Å². The molecule has 2 aromatic rings. The van der Waals surface area contributed by atoms with Crippen LogP contribution in [0.15, 0.2) is 60.7 Å². The Labute approximate surface area is 140 Å². The minimum absolute atomic E-state index is 0.0293. The number of hydrogen-bond donors (Lipinski definition) is 0. The van der Waals surface area contributed by atoms with Crippen LogP contribution in [0.2, 0.25) is 18.1 Å². The second-order valence-electron chi connectivity index (χ2n) is 7.40. The topological polar surface area (TPSA) is 26.3 Å². The molecule has 3 heteroatoms. The zero-order valence-electron chi connectivity index (χ0n) is 14.7. The highest BCUT2D eigenvalue weighted by Gasteiger charge is 2.41. The van der Waals surface area contributed by atoms with Crippen molar-refractivity contribution < 1.29 is 9.22 Å². The lowest BCUT2D eigenvalue weighted by molar-refractivity contribution is 0.0767. The van der Waals surface area contributed by atoms with E-state index in [4.69, 9.17) is 4.43 Å². The van der Waals surface area contributed by atoms with Crippen LogP contribution in [-0.2, 0) is 4.43 Å². The second kappa shape index (κ2) is 6.81. The largest absolute Gasteiger partial charge is 0.403 e. The maximum absolute atomic E-state index is 13.0. The molecule has 0 aliphatic carbocycles. The molecular formula is C20H26O2Si. The highest BCUT2D eigenvalue weighted by Crippen LogP contribution is 2.40. The fraction of sp³-hybridized carbons (Fsp3) is 0.350. The van der Waals surface area contributed by atoms with Gasteiger partial charge >= 0.3 is 0 Å². The maximum Gasteiger partial charge on any atom is 0.194 e. The third-order valence-electron chi connectivity index (χ3n) is 4.62. The molecule has 23 heavy (non-hydrogen) atoms. The minimum atomic E-state index is -2.07. The highest BCUT2D eigenvalue weighted by molar-refractivity contribution is 6.74. The molecule has 0 unspecified atom stereocenters. The molecule has 0 saturated carbocycles. The summed E-state index contributed by atoms with van der Waals surface area (Å²) in [7, 11) is -2.07. The van der Waals surface area contributed by atoms with Gasteiger partial charge in [-0.05, 0) is 23.7 Å². The summed E-state index contributed by atoms with van der Waals surface area (Å²) < 4.78 is 6.49. The van der Waals surface area contributed by atoms with Crippen molar-refractivity contribution in [1.82, 2.24) is 0 Å². The first-order chi connectivity index (χ1) is 10.7. The van der Waals surface area contributed by atoms with Crippen LogP contribution in [-0.4, -0.2) is 14.1 Å². The van der Waals surface area contributed by atoms with E-state index in [1.165, 1.54) is 0 Å². The number of hydrogen-bond acceptors (Lipinski definition) is 2. The molecule has 1 atom stereocenters. The molecule has 0 amide bonds. The SMILES string of the molecule is CC(C)(C)[Si](C)(C)O[C@@H](C(=O)c1ccccc1)c1ccccc1. The number of benzene rings is 2. The molecule has 2 rings (SSSR count). The zero-order chi connectivity index (χ0) is 17.1. The Kier molecular flexibility index (Phi) is 5.22. The lowest BCUT2D eigenvalue weighted by Crippen LogP contribution is -2.43. The quantitative estimate of drug-likeness (QED) is 0.525. The van der Waals surface area contributed by atoms with Crippen LogP contribution in [0, 0.1) is 0 Å². The van der Waals surface area contributed by atoms with Gasteiger partial charge in [0.2, 0.25) is 0 Å². The molecule has 2 aromatic carbocycles. The first-order valence-corrected chi connectivity index (χ1v) is 11.0. The van der Waals surface area contributed by atoms with Crippen molar-refractivity contribution in [2.45, 2.75) is 45.0 Å². The van der Waals surface area contributed by atoms with E-state index in [-0.39, 0.29) is 10.8 Å². The van der Waals surface area contributed by atoms with Gasteiger partial charge in [-0.2, -0.15) is 0 Å². The van der Waals surface area contributed by atoms with Gasteiger partial charge in [0.05, 0.1) is 0 Å². The lowest BCUT2D eigenvalue weighted by atomic mass is 10.0. The molecular weight excluding hydrogens is 300 g/mol. The molecule has 0 N–H and O–H groups in total. The zero-order valence-corrected chi connectivity index (χ0v) is 15.7. The third-order valence-corrected chi connectivity index (χ3v) is 9.05. The van der Waals surface area contributed by atoms with Crippen LogP contribution in [0.25, 0.3) is 0 Å². The second-order valence-corrected chi connectivity index (χ2v) is 12.2. The van der Waals surface area contributed by atoms with Gasteiger partial charge in [0.1, 0.15) is 6.10 Å². The molecule has 0 bridgehead atoms. The van der Waals surface area contributed by atoms with Gasteiger partial charge in [-0.15, -0.1) is 0 Å². The van der Waals surface area contributed by atoms with Crippen molar-refractivity contribution in [2.75, 3.05) is 0 Å². The molecule has 0 aliphatic heterocycles. The number of ketones is 1. The summed E-state index contributed by atoms with van der Waals surface area (Å²) in [6.45, 7) is 10.9. The Morgan fingerprint density at radius 2 is 1.39 bits per heavy atom. The van der Waals surface area contributed by atoms with E-state index in [0.717, 1.165) is 5.56 Å². The summed E-state index contributed by atoms with van der Waals surface area (Å²) >= 11 is 0. The van der Waals surface area contributed by atoms with E-state index < -0.39 is 14.4 Å². The number of Topliss-reactive ketones (excluding diaryl/α,β-unsaturated/α-hetero) is 1. The summed E-state index contributed by atoms with van der Waals surface area (Å²) in [5.74, 6) is 0.0293. The summed E-state index contributed by atoms with van der Waals surface area (Å²) in [5, 5.41) is 0.0526. The van der Waals surface area contributed by atoms with E-state index in [1.54, 1.807) is 0 Å². The average Bonchev–Trinajstić information content (AvgIpc) is 2.52. The van der Waals surface area contributed by atoms with Gasteiger partial charge in [0, 0.05) is 5.56 Å². The molecule has 0 spiro atoms. The van der Waals surface area contributed by atoms with E-state index in [9.17, 15) is 4.79 Å². The lowest BCUT2D eigenvalue weighted by Gasteiger charge is -2.39. The number of carbonyl (C=O) groups excluding carboxylic acids is 1. The molecule has 0 aliphatic rings. The first kappa shape index (κ1) is 17.6. The third kappa shape index (κ3) is 4.18. The van der Waals surface area contributed by atoms with Crippen molar-refractivity contribution in [3.63, 3.8) is 0 Å². The van der Waals surface area contributed by atoms with Gasteiger partial charge in [-0.25, -0.2) is 0 Å². The normalized spacial score (nSPS) is 13.6.